The van der Waals surface area contributed by atoms with Gasteiger partial charge in [-0.05, 0) is 61.6 Å². The van der Waals surface area contributed by atoms with E-state index in [1.54, 1.807) is 11.5 Å². The van der Waals surface area contributed by atoms with Crippen molar-refractivity contribution >= 4 is 23.4 Å². The number of rotatable bonds is 8. The van der Waals surface area contributed by atoms with Crippen molar-refractivity contribution in [1.29, 1.82) is 0 Å². The molecule has 4 rings (SSSR count). The Hall–Kier alpha value is -3.65. The second-order valence-corrected chi connectivity index (χ2v) is 9.98. The highest BCUT2D eigenvalue weighted by Crippen LogP contribution is 2.32. The molecule has 1 aliphatic rings. The predicted molar refractivity (Wildman–Crippen MR) is 145 cm³/mol. The number of hydrogen-bond donors (Lipinski definition) is 0. The summed E-state index contributed by atoms with van der Waals surface area (Å²) in [6.45, 7) is 10.9. The quantitative estimate of drug-likeness (QED) is 0.413. The third kappa shape index (κ3) is 5.25. The number of carbonyl (C=O) groups is 1. The van der Waals surface area contributed by atoms with Crippen LogP contribution in [0.1, 0.15) is 63.3 Å². The fourth-order valence-corrected chi connectivity index (χ4v) is 5.43. The number of ether oxygens (including phenoxy) is 3. The lowest BCUT2D eigenvalue weighted by atomic mass is 9.93. The van der Waals surface area contributed by atoms with Crippen molar-refractivity contribution < 1.29 is 19.0 Å². The fraction of sp³-hybridized carbons (Fsp3) is 0.345. The summed E-state index contributed by atoms with van der Waals surface area (Å²) in [6, 6.07) is 13.0. The number of thiazole rings is 1. The van der Waals surface area contributed by atoms with E-state index in [-0.39, 0.29) is 5.56 Å². The fourth-order valence-electron chi connectivity index (χ4n) is 4.38. The summed E-state index contributed by atoms with van der Waals surface area (Å²) in [5.74, 6) is 1.15. The van der Waals surface area contributed by atoms with Gasteiger partial charge < -0.3 is 14.2 Å². The van der Waals surface area contributed by atoms with Crippen molar-refractivity contribution in [3.8, 4) is 11.5 Å². The molecular weight excluding hydrogens is 488 g/mol. The molecule has 0 bridgehead atoms. The van der Waals surface area contributed by atoms with Crippen LogP contribution in [0.25, 0.3) is 6.08 Å². The molecule has 0 saturated carbocycles. The van der Waals surface area contributed by atoms with E-state index >= 15 is 0 Å². The van der Waals surface area contributed by atoms with Gasteiger partial charge in [-0.2, -0.15) is 0 Å². The third-order valence-electron chi connectivity index (χ3n) is 6.21. The van der Waals surface area contributed by atoms with E-state index in [0.29, 0.717) is 51.2 Å². The first-order chi connectivity index (χ1) is 17.8. The van der Waals surface area contributed by atoms with Crippen LogP contribution in [0, 0.1) is 0 Å². The molecule has 1 atom stereocenters. The molecular formula is C29H32N2O5S. The summed E-state index contributed by atoms with van der Waals surface area (Å²) in [5, 5.41) is 0. The maximum atomic E-state index is 13.8. The van der Waals surface area contributed by atoms with Crippen LogP contribution in [0.5, 0.6) is 11.5 Å². The van der Waals surface area contributed by atoms with Gasteiger partial charge in [0.1, 0.15) is 0 Å². The van der Waals surface area contributed by atoms with Gasteiger partial charge >= 0.3 is 5.97 Å². The summed E-state index contributed by atoms with van der Waals surface area (Å²) in [7, 11) is 1.34. The van der Waals surface area contributed by atoms with Crippen LogP contribution in [0.15, 0.2) is 63.5 Å². The van der Waals surface area contributed by atoms with Gasteiger partial charge in [0.25, 0.3) is 5.56 Å². The normalized spacial score (nSPS) is 15.4. The second kappa shape index (κ2) is 11.2. The third-order valence-corrected chi connectivity index (χ3v) is 7.19. The minimum absolute atomic E-state index is 0.220. The van der Waals surface area contributed by atoms with Crippen LogP contribution in [0.3, 0.4) is 0 Å². The Morgan fingerprint density at radius 3 is 2.38 bits per heavy atom. The van der Waals surface area contributed by atoms with Crippen LogP contribution in [0.2, 0.25) is 0 Å². The standard InChI is InChI=1S/C29H32N2O5S/c1-7-35-22-14-9-19(15-23(22)36-8-2)16-24-27(32)31-26(21-12-10-20(11-13-21)17(3)4)25(28(33)34-6)18(5)30-29(31)37-24/h9-17,26H,7-8H2,1-6H3/b24-16-/t26-/m0/s1. The zero-order valence-electron chi connectivity index (χ0n) is 22.0. The van der Waals surface area contributed by atoms with E-state index in [4.69, 9.17) is 14.2 Å². The number of nitrogens with zero attached hydrogens (tertiary/aromatic N) is 2. The number of fused-ring (bicyclic) bond motifs is 1. The molecule has 7 nitrogen and oxygen atoms in total. The average molecular weight is 521 g/mol. The second-order valence-electron chi connectivity index (χ2n) is 8.97. The Balaban J connectivity index is 1.88. The summed E-state index contributed by atoms with van der Waals surface area (Å²) < 4.78 is 18.6. The maximum Gasteiger partial charge on any atom is 0.338 e. The van der Waals surface area contributed by atoms with Crippen LogP contribution < -0.4 is 24.4 Å². The minimum atomic E-state index is -0.633. The molecule has 37 heavy (non-hydrogen) atoms. The van der Waals surface area contributed by atoms with Crippen molar-refractivity contribution in [2.45, 2.75) is 46.6 Å². The van der Waals surface area contributed by atoms with E-state index in [9.17, 15) is 9.59 Å². The number of hydrogen-bond acceptors (Lipinski definition) is 7. The molecule has 0 aliphatic carbocycles. The number of carbonyl (C=O) groups excluding carboxylic acids is 1. The lowest BCUT2D eigenvalue weighted by Gasteiger charge is -2.24. The van der Waals surface area contributed by atoms with Gasteiger partial charge in [-0.3, -0.25) is 9.36 Å². The van der Waals surface area contributed by atoms with Crippen molar-refractivity contribution in [2.24, 2.45) is 4.99 Å². The van der Waals surface area contributed by atoms with Crippen molar-refractivity contribution in [3.63, 3.8) is 0 Å². The van der Waals surface area contributed by atoms with Crippen molar-refractivity contribution in [3.05, 3.63) is 90.1 Å². The molecule has 0 unspecified atom stereocenters. The van der Waals surface area contributed by atoms with Crippen molar-refractivity contribution in [1.82, 2.24) is 4.57 Å². The zero-order chi connectivity index (χ0) is 26.7. The van der Waals surface area contributed by atoms with Crippen LogP contribution in [0.4, 0.5) is 0 Å². The molecule has 0 fully saturated rings. The molecule has 0 saturated heterocycles. The number of benzene rings is 2. The summed E-state index contributed by atoms with van der Waals surface area (Å²) in [4.78, 5) is 31.8. The predicted octanol–water partition coefficient (Wildman–Crippen LogP) is 4.33. The smallest absolute Gasteiger partial charge is 0.338 e. The first-order valence-electron chi connectivity index (χ1n) is 12.4. The molecule has 194 valence electrons. The van der Waals surface area contributed by atoms with E-state index in [1.165, 1.54) is 24.0 Å². The Morgan fingerprint density at radius 1 is 1.08 bits per heavy atom. The van der Waals surface area contributed by atoms with Gasteiger partial charge in [-0.25, -0.2) is 9.79 Å². The molecule has 2 aromatic carbocycles. The summed E-state index contributed by atoms with van der Waals surface area (Å²) in [5.41, 5.74) is 3.49. The minimum Gasteiger partial charge on any atom is -0.490 e. The highest BCUT2D eigenvalue weighted by Gasteiger charge is 2.33. The van der Waals surface area contributed by atoms with Gasteiger partial charge in [-0.15, -0.1) is 0 Å². The number of esters is 1. The van der Waals surface area contributed by atoms with E-state index < -0.39 is 12.0 Å². The highest BCUT2D eigenvalue weighted by molar-refractivity contribution is 7.07. The molecule has 0 N–H and O–H groups in total. The lowest BCUT2D eigenvalue weighted by Crippen LogP contribution is -2.39. The largest absolute Gasteiger partial charge is 0.490 e. The first kappa shape index (κ1) is 26.4. The first-order valence-corrected chi connectivity index (χ1v) is 13.2. The van der Waals surface area contributed by atoms with Crippen LogP contribution in [-0.2, 0) is 9.53 Å². The Morgan fingerprint density at radius 2 is 1.76 bits per heavy atom. The van der Waals surface area contributed by atoms with E-state index in [1.807, 2.05) is 62.4 Å². The van der Waals surface area contributed by atoms with Gasteiger partial charge in [0, 0.05) is 0 Å². The average Bonchev–Trinajstić information content (AvgIpc) is 3.18. The van der Waals surface area contributed by atoms with Crippen LogP contribution in [-0.4, -0.2) is 30.9 Å². The van der Waals surface area contributed by atoms with E-state index in [0.717, 1.165) is 11.1 Å². The number of aromatic nitrogens is 1. The Kier molecular flexibility index (Phi) is 7.97. The summed E-state index contributed by atoms with van der Waals surface area (Å²) in [6.07, 6.45) is 1.82. The van der Waals surface area contributed by atoms with Gasteiger partial charge in [0.05, 0.1) is 42.2 Å². The SMILES string of the molecule is CCOc1ccc(/C=c2\sc3n(c2=O)[C@@H](c2ccc(C(C)C)cc2)C(C(=O)OC)=C(C)N=3)cc1OCC. The highest BCUT2D eigenvalue weighted by atomic mass is 32.1. The van der Waals surface area contributed by atoms with Gasteiger partial charge in [0.15, 0.2) is 16.3 Å². The Bertz CT molecular complexity index is 1510. The molecule has 1 aromatic heterocycles. The zero-order valence-corrected chi connectivity index (χ0v) is 22.8. The maximum absolute atomic E-state index is 13.8. The van der Waals surface area contributed by atoms with Gasteiger partial charge in [0.2, 0.25) is 0 Å². The molecule has 0 radical (unpaired) electrons. The van der Waals surface area contributed by atoms with Crippen molar-refractivity contribution in [2.75, 3.05) is 20.3 Å². The molecule has 8 heteroatoms. The molecule has 1 aliphatic heterocycles. The molecule has 2 heterocycles. The number of methoxy groups -OCH3 is 1. The monoisotopic (exact) mass is 520 g/mol. The molecule has 3 aromatic rings. The van der Waals surface area contributed by atoms with E-state index in [2.05, 4.69) is 18.8 Å². The molecule has 0 spiro atoms. The van der Waals surface area contributed by atoms with Crippen LogP contribution >= 0.6 is 11.3 Å². The molecule has 0 amide bonds. The Labute approximate surface area is 220 Å². The lowest BCUT2D eigenvalue weighted by molar-refractivity contribution is -0.136. The number of allylic oxidation sites excluding steroid dienone is 1. The topological polar surface area (TPSA) is 79.1 Å². The summed E-state index contributed by atoms with van der Waals surface area (Å²) >= 11 is 1.29. The van der Waals surface area contributed by atoms with Gasteiger partial charge in [-0.1, -0.05) is 55.5 Å².